The average Bonchev–Trinajstić information content (AvgIpc) is 2.30. The van der Waals surface area contributed by atoms with Gasteiger partial charge in [-0.1, -0.05) is 12.5 Å². The minimum absolute atomic E-state index is 0.202. The summed E-state index contributed by atoms with van der Waals surface area (Å²) in [5, 5.41) is 13.4. The van der Waals surface area contributed by atoms with Crippen LogP contribution in [-0.2, 0) is 0 Å². The number of aliphatic hydroxyl groups is 1. The average molecular weight is 192 g/mol. The van der Waals surface area contributed by atoms with Crippen LogP contribution in [-0.4, -0.2) is 22.7 Å². The van der Waals surface area contributed by atoms with Crippen molar-refractivity contribution >= 4 is 0 Å². The van der Waals surface area contributed by atoms with Crippen LogP contribution < -0.4 is 5.32 Å². The summed E-state index contributed by atoms with van der Waals surface area (Å²) in [5.74, 6) is 0. The molecular formula is C11H16N2O. The number of pyridine rings is 1. The number of piperidine rings is 1. The molecule has 2 heterocycles. The lowest BCUT2D eigenvalue weighted by molar-refractivity contribution is 0.113. The smallest absolute Gasteiger partial charge is 0.0957 e. The highest BCUT2D eigenvalue weighted by Crippen LogP contribution is 2.21. The molecule has 3 heteroatoms. The molecular weight excluding hydrogens is 176 g/mol. The summed E-state index contributed by atoms with van der Waals surface area (Å²) >= 11 is 0. The third-order valence-corrected chi connectivity index (χ3v) is 2.76. The van der Waals surface area contributed by atoms with Crippen LogP contribution in [0.1, 0.15) is 30.9 Å². The molecule has 0 spiro atoms. The number of hydrogen-bond acceptors (Lipinski definition) is 3. The van der Waals surface area contributed by atoms with Gasteiger partial charge in [0.15, 0.2) is 0 Å². The zero-order valence-electron chi connectivity index (χ0n) is 8.19. The molecule has 2 rings (SSSR count). The van der Waals surface area contributed by atoms with Gasteiger partial charge in [-0.3, -0.25) is 4.98 Å². The van der Waals surface area contributed by atoms with E-state index in [1.165, 1.54) is 12.8 Å². The molecule has 0 radical (unpaired) electrons. The highest BCUT2D eigenvalue weighted by atomic mass is 16.3. The Morgan fingerprint density at radius 1 is 1.50 bits per heavy atom. The maximum Gasteiger partial charge on any atom is 0.0957 e. The molecule has 76 valence electrons. The van der Waals surface area contributed by atoms with Gasteiger partial charge in [0.25, 0.3) is 0 Å². The first-order chi connectivity index (χ1) is 6.88. The summed E-state index contributed by atoms with van der Waals surface area (Å²) in [5.41, 5.74) is 0.909. The molecule has 1 aromatic rings. The van der Waals surface area contributed by atoms with E-state index in [0.29, 0.717) is 0 Å². The molecule has 0 aromatic carbocycles. The van der Waals surface area contributed by atoms with E-state index in [1.807, 2.05) is 12.1 Å². The summed E-state index contributed by atoms with van der Waals surface area (Å²) in [6, 6.07) is 3.99. The highest BCUT2D eigenvalue weighted by molar-refractivity contribution is 5.14. The quantitative estimate of drug-likeness (QED) is 0.741. The number of rotatable bonds is 2. The van der Waals surface area contributed by atoms with Crippen LogP contribution in [0.2, 0.25) is 0 Å². The molecule has 1 fully saturated rings. The van der Waals surface area contributed by atoms with E-state index in [2.05, 4.69) is 10.3 Å². The van der Waals surface area contributed by atoms with Crippen molar-refractivity contribution in [1.29, 1.82) is 0 Å². The Bertz CT molecular complexity index is 270. The second kappa shape index (κ2) is 4.53. The van der Waals surface area contributed by atoms with Gasteiger partial charge in [-0.25, -0.2) is 0 Å². The number of aromatic nitrogens is 1. The highest BCUT2D eigenvalue weighted by Gasteiger charge is 2.22. The van der Waals surface area contributed by atoms with Crippen molar-refractivity contribution in [2.45, 2.75) is 31.4 Å². The summed E-state index contributed by atoms with van der Waals surface area (Å²) in [6.45, 7) is 1.02. The Kier molecular flexibility index (Phi) is 3.11. The lowest BCUT2D eigenvalue weighted by Gasteiger charge is -2.27. The van der Waals surface area contributed by atoms with Crippen LogP contribution in [0.4, 0.5) is 0 Å². The Morgan fingerprint density at radius 2 is 2.43 bits per heavy atom. The monoisotopic (exact) mass is 192 g/mol. The van der Waals surface area contributed by atoms with Crippen LogP contribution in [0.15, 0.2) is 24.5 Å². The Labute approximate surface area is 84.2 Å². The SMILES string of the molecule is OC(c1cccnc1)C1CCCCN1. The molecule has 2 N–H and O–H groups in total. The first-order valence-corrected chi connectivity index (χ1v) is 5.19. The van der Waals surface area contributed by atoms with E-state index >= 15 is 0 Å². The molecule has 2 unspecified atom stereocenters. The van der Waals surface area contributed by atoms with Gasteiger partial charge in [0.05, 0.1) is 6.10 Å². The molecule has 1 aromatic heterocycles. The lowest BCUT2D eigenvalue weighted by Crippen LogP contribution is -2.38. The molecule has 14 heavy (non-hydrogen) atoms. The minimum Gasteiger partial charge on any atom is -0.387 e. The first-order valence-electron chi connectivity index (χ1n) is 5.19. The fraction of sp³-hybridized carbons (Fsp3) is 0.545. The van der Waals surface area contributed by atoms with Crippen LogP contribution in [0.5, 0.6) is 0 Å². The van der Waals surface area contributed by atoms with Crippen molar-refractivity contribution in [3.8, 4) is 0 Å². The van der Waals surface area contributed by atoms with E-state index in [1.54, 1.807) is 12.4 Å². The van der Waals surface area contributed by atoms with E-state index < -0.39 is 6.10 Å². The Morgan fingerprint density at radius 3 is 3.07 bits per heavy atom. The van der Waals surface area contributed by atoms with Crippen molar-refractivity contribution in [2.24, 2.45) is 0 Å². The van der Waals surface area contributed by atoms with E-state index in [9.17, 15) is 5.11 Å². The minimum atomic E-state index is -0.413. The molecule has 0 saturated carbocycles. The molecule has 1 aliphatic heterocycles. The van der Waals surface area contributed by atoms with Crippen molar-refractivity contribution < 1.29 is 5.11 Å². The zero-order chi connectivity index (χ0) is 9.80. The molecule has 2 atom stereocenters. The zero-order valence-corrected chi connectivity index (χ0v) is 8.19. The number of hydrogen-bond donors (Lipinski definition) is 2. The van der Waals surface area contributed by atoms with Crippen molar-refractivity contribution in [3.05, 3.63) is 30.1 Å². The van der Waals surface area contributed by atoms with Gasteiger partial charge in [-0.15, -0.1) is 0 Å². The second-order valence-corrected chi connectivity index (χ2v) is 3.79. The van der Waals surface area contributed by atoms with Crippen LogP contribution in [0, 0.1) is 0 Å². The Hall–Kier alpha value is -0.930. The summed E-state index contributed by atoms with van der Waals surface area (Å²) in [4.78, 5) is 4.01. The van der Waals surface area contributed by atoms with Crippen molar-refractivity contribution in [3.63, 3.8) is 0 Å². The third-order valence-electron chi connectivity index (χ3n) is 2.76. The maximum atomic E-state index is 10.0. The number of aliphatic hydroxyl groups excluding tert-OH is 1. The Balaban J connectivity index is 2.03. The maximum absolute atomic E-state index is 10.0. The van der Waals surface area contributed by atoms with Crippen LogP contribution in [0.25, 0.3) is 0 Å². The van der Waals surface area contributed by atoms with E-state index in [-0.39, 0.29) is 6.04 Å². The van der Waals surface area contributed by atoms with Crippen molar-refractivity contribution in [1.82, 2.24) is 10.3 Å². The molecule has 0 bridgehead atoms. The summed E-state index contributed by atoms with van der Waals surface area (Å²) < 4.78 is 0. The molecule has 0 aliphatic carbocycles. The lowest BCUT2D eigenvalue weighted by atomic mass is 9.96. The largest absolute Gasteiger partial charge is 0.387 e. The van der Waals surface area contributed by atoms with Gasteiger partial charge in [-0.2, -0.15) is 0 Å². The third kappa shape index (κ3) is 2.11. The normalized spacial score (nSPS) is 24.5. The van der Waals surface area contributed by atoms with Crippen molar-refractivity contribution in [2.75, 3.05) is 6.54 Å². The van der Waals surface area contributed by atoms with E-state index in [4.69, 9.17) is 0 Å². The molecule has 3 nitrogen and oxygen atoms in total. The summed E-state index contributed by atoms with van der Waals surface area (Å²) in [7, 11) is 0. The predicted octanol–water partition coefficient (Wildman–Crippen LogP) is 1.26. The van der Waals surface area contributed by atoms with Gasteiger partial charge >= 0.3 is 0 Å². The predicted molar refractivity (Wildman–Crippen MR) is 54.8 cm³/mol. The summed E-state index contributed by atoms with van der Waals surface area (Å²) in [6.07, 6.45) is 6.52. The molecule has 1 aliphatic rings. The topological polar surface area (TPSA) is 45.2 Å². The van der Waals surface area contributed by atoms with Gasteiger partial charge in [0.2, 0.25) is 0 Å². The van der Waals surface area contributed by atoms with E-state index in [0.717, 1.165) is 18.5 Å². The standard InChI is InChI=1S/C11H16N2O/c14-11(9-4-3-6-12-8-9)10-5-1-2-7-13-10/h3-4,6,8,10-11,13-14H,1-2,5,7H2. The van der Waals surface area contributed by atoms with Gasteiger partial charge < -0.3 is 10.4 Å². The number of nitrogens with zero attached hydrogens (tertiary/aromatic N) is 1. The number of nitrogens with one attached hydrogen (secondary N) is 1. The van der Waals surface area contributed by atoms with Gasteiger partial charge in [0.1, 0.15) is 0 Å². The van der Waals surface area contributed by atoms with Gasteiger partial charge in [0, 0.05) is 24.0 Å². The second-order valence-electron chi connectivity index (χ2n) is 3.79. The van der Waals surface area contributed by atoms with Gasteiger partial charge in [-0.05, 0) is 25.5 Å². The fourth-order valence-electron chi connectivity index (χ4n) is 1.93. The van der Waals surface area contributed by atoms with Crippen LogP contribution >= 0.6 is 0 Å². The van der Waals surface area contributed by atoms with Crippen LogP contribution in [0.3, 0.4) is 0 Å². The molecule has 1 saturated heterocycles. The first kappa shape index (κ1) is 9.62. The fourth-order valence-corrected chi connectivity index (χ4v) is 1.93. The molecule has 0 amide bonds.